The molecule has 0 aliphatic heterocycles. The summed E-state index contributed by atoms with van der Waals surface area (Å²) in [7, 11) is 3.43. The van der Waals surface area contributed by atoms with Crippen LogP contribution in [-0.4, -0.2) is 44.0 Å². The van der Waals surface area contributed by atoms with E-state index in [1.807, 2.05) is 0 Å². The lowest BCUT2D eigenvalue weighted by atomic mass is 9.97. The highest BCUT2D eigenvalue weighted by molar-refractivity contribution is 5.97. The first-order valence-electron chi connectivity index (χ1n) is 8.96. The van der Waals surface area contributed by atoms with E-state index in [9.17, 15) is 19.7 Å². The summed E-state index contributed by atoms with van der Waals surface area (Å²) in [6.07, 6.45) is 7.60. The van der Waals surface area contributed by atoms with Crippen LogP contribution in [0.4, 0.5) is 11.4 Å². The standard InChI is InChI=1S/C19H25N3O5/c1-21(2)17-9-8-15(22(25)26)12-16(17)19(24)27-13-18(23)20-11-10-14-6-4-3-5-7-14/h6,8-9,12H,3-5,7,10-11,13H2,1-2H3,(H,20,23). The number of nitro groups is 1. The van der Waals surface area contributed by atoms with Crippen molar-refractivity contribution >= 4 is 23.3 Å². The maximum absolute atomic E-state index is 12.3. The van der Waals surface area contributed by atoms with Crippen LogP contribution < -0.4 is 10.2 Å². The Balaban J connectivity index is 1.88. The predicted octanol–water partition coefficient (Wildman–Crippen LogP) is 2.82. The van der Waals surface area contributed by atoms with Crippen molar-refractivity contribution in [3.63, 3.8) is 0 Å². The lowest BCUT2D eigenvalue weighted by Gasteiger charge is -2.16. The highest BCUT2D eigenvalue weighted by Gasteiger charge is 2.20. The number of hydrogen-bond acceptors (Lipinski definition) is 6. The first-order valence-corrected chi connectivity index (χ1v) is 8.96. The zero-order chi connectivity index (χ0) is 19.8. The summed E-state index contributed by atoms with van der Waals surface area (Å²) in [6, 6.07) is 3.95. The Morgan fingerprint density at radius 3 is 2.70 bits per heavy atom. The SMILES string of the molecule is CN(C)c1ccc([N+](=O)[O-])cc1C(=O)OCC(=O)NCCC1=CCCCC1. The second kappa shape index (κ2) is 9.70. The van der Waals surface area contributed by atoms with Crippen molar-refractivity contribution in [2.24, 2.45) is 0 Å². The van der Waals surface area contributed by atoms with Crippen LogP contribution in [0.2, 0.25) is 0 Å². The molecule has 1 aliphatic rings. The minimum absolute atomic E-state index is 0.0503. The third-order valence-corrected chi connectivity index (χ3v) is 4.38. The maximum atomic E-state index is 12.3. The molecule has 0 heterocycles. The number of anilines is 1. The number of amides is 1. The number of carbonyl (C=O) groups excluding carboxylic acids is 2. The molecule has 0 saturated carbocycles. The minimum atomic E-state index is -0.771. The Morgan fingerprint density at radius 1 is 1.30 bits per heavy atom. The molecular formula is C19H25N3O5. The van der Waals surface area contributed by atoms with Gasteiger partial charge in [0, 0.05) is 32.8 Å². The van der Waals surface area contributed by atoms with Crippen molar-refractivity contribution in [1.29, 1.82) is 0 Å². The zero-order valence-electron chi connectivity index (χ0n) is 15.7. The van der Waals surface area contributed by atoms with Gasteiger partial charge in [-0.15, -0.1) is 0 Å². The number of nitrogens with zero attached hydrogens (tertiary/aromatic N) is 2. The number of non-ortho nitro benzene ring substituents is 1. The number of esters is 1. The molecule has 1 amide bonds. The fourth-order valence-corrected chi connectivity index (χ4v) is 2.95. The molecule has 0 bridgehead atoms. The Kier molecular flexibility index (Phi) is 7.34. The number of allylic oxidation sites excluding steroid dienone is 1. The number of nitrogens with one attached hydrogen (secondary N) is 1. The number of hydrogen-bond donors (Lipinski definition) is 1. The normalized spacial score (nSPS) is 13.5. The van der Waals surface area contributed by atoms with Gasteiger partial charge < -0.3 is 15.0 Å². The van der Waals surface area contributed by atoms with Gasteiger partial charge in [-0.25, -0.2) is 4.79 Å². The lowest BCUT2D eigenvalue weighted by Crippen LogP contribution is -2.30. The van der Waals surface area contributed by atoms with E-state index in [0.29, 0.717) is 12.2 Å². The molecule has 0 spiro atoms. The molecule has 0 aromatic heterocycles. The molecule has 1 N–H and O–H groups in total. The summed E-state index contributed by atoms with van der Waals surface area (Å²) in [4.78, 5) is 36.2. The van der Waals surface area contributed by atoms with Crippen LogP contribution in [0, 0.1) is 10.1 Å². The zero-order valence-corrected chi connectivity index (χ0v) is 15.7. The predicted molar refractivity (Wildman–Crippen MR) is 102 cm³/mol. The van der Waals surface area contributed by atoms with Crippen molar-refractivity contribution in [1.82, 2.24) is 5.32 Å². The van der Waals surface area contributed by atoms with E-state index in [2.05, 4.69) is 11.4 Å². The largest absolute Gasteiger partial charge is 0.452 e. The number of carbonyl (C=O) groups is 2. The van der Waals surface area contributed by atoms with Crippen molar-refractivity contribution < 1.29 is 19.2 Å². The van der Waals surface area contributed by atoms with E-state index in [1.165, 1.54) is 30.5 Å². The Labute approximate surface area is 158 Å². The molecule has 0 saturated heterocycles. The van der Waals surface area contributed by atoms with Crippen molar-refractivity contribution in [3.05, 3.63) is 45.5 Å². The van der Waals surface area contributed by atoms with Gasteiger partial charge in [-0.2, -0.15) is 0 Å². The second-order valence-electron chi connectivity index (χ2n) is 6.64. The van der Waals surface area contributed by atoms with Gasteiger partial charge in [-0.05, 0) is 38.2 Å². The summed E-state index contributed by atoms with van der Waals surface area (Å²) in [5.41, 5.74) is 1.67. The lowest BCUT2D eigenvalue weighted by molar-refractivity contribution is -0.384. The second-order valence-corrected chi connectivity index (χ2v) is 6.64. The summed E-state index contributed by atoms with van der Waals surface area (Å²) in [5.74, 6) is -1.16. The van der Waals surface area contributed by atoms with Crippen LogP contribution in [0.3, 0.4) is 0 Å². The van der Waals surface area contributed by atoms with Crippen molar-refractivity contribution in [2.45, 2.75) is 32.1 Å². The summed E-state index contributed by atoms with van der Waals surface area (Å²) in [5, 5.41) is 13.7. The van der Waals surface area contributed by atoms with Crippen LogP contribution in [0.5, 0.6) is 0 Å². The van der Waals surface area contributed by atoms with Gasteiger partial charge in [-0.3, -0.25) is 14.9 Å². The molecular weight excluding hydrogens is 350 g/mol. The van der Waals surface area contributed by atoms with Crippen LogP contribution in [0.15, 0.2) is 29.8 Å². The topological polar surface area (TPSA) is 102 Å². The molecule has 0 fully saturated rings. The number of ether oxygens (including phenoxy) is 1. The molecule has 8 nitrogen and oxygen atoms in total. The molecule has 0 radical (unpaired) electrons. The van der Waals surface area contributed by atoms with E-state index in [-0.39, 0.29) is 11.3 Å². The molecule has 0 atom stereocenters. The molecule has 1 aromatic carbocycles. The van der Waals surface area contributed by atoms with Gasteiger partial charge >= 0.3 is 5.97 Å². The Hall–Kier alpha value is -2.90. The molecule has 1 aromatic rings. The quantitative estimate of drug-likeness (QED) is 0.324. The van der Waals surface area contributed by atoms with Gasteiger partial charge in [0.1, 0.15) is 0 Å². The molecule has 2 rings (SSSR count). The van der Waals surface area contributed by atoms with Gasteiger partial charge in [0.05, 0.1) is 16.2 Å². The van der Waals surface area contributed by atoms with Crippen molar-refractivity contribution in [3.8, 4) is 0 Å². The molecule has 8 heteroatoms. The van der Waals surface area contributed by atoms with Gasteiger partial charge in [0.25, 0.3) is 11.6 Å². The van der Waals surface area contributed by atoms with Gasteiger partial charge in [0.15, 0.2) is 6.61 Å². The fraction of sp³-hybridized carbons (Fsp3) is 0.474. The summed E-state index contributed by atoms with van der Waals surface area (Å²) >= 11 is 0. The van der Waals surface area contributed by atoms with Gasteiger partial charge in [0.2, 0.25) is 0 Å². The molecule has 1 aliphatic carbocycles. The van der Waals surface area contributed by atoms with Crippen LogP contribution >= 0.6 is 0 Å². The average molecular weight is 375 g/mol. The van der Waals surface area contributed by atoms with E-state index < -0.39 is 23.4 Å². The van der Waals surface area contributed by atoms with Crippen molar-refractivity contribution in [2.75, 3.05) is 32.1 Å². The van der Waals surface area contributed by atoms with E-state index in [4.69, 9.17) is 4.74 Å². The van der Waals surface area contributed by atoms with Crippen LogP contribution in [0.1, 0.15) is 42.5 Å². The van der Waals surface area contributed by atoms with Crippen LogP contribution in [-0.2, 0) is 9.53 Å². The minimum Gasteiger partial charge on any atom is -0.452 e. The summed E-state index contributed by atoms with van der Waals surface area (Å²) in [6.45, 7) is 0.0788. The van der Waals surface area contributed by atoms with E-state index >= 15 is 0 Å². The highest BCUT2D eigenvalue weighted by atomic mass is 16.6. The third kappa shape index (κ3) is 6.09. The average Bonchev–Trinajstić information content (AvgIpc) is 2.66. The number of rotatable bonds is 8. The van der Waals surface area contributed by atoms with Gasteiger partial charge in [-0.1, -0.05) is 11.6 Å². The summed E-state index contributed by atoms with van der Waals surface area (Å²) < 4.78 is 5.04. The monoisotopic (exact) mass is 375 g/mol. The van der Waals surface area contributed by atoms with E-state index in [0.717, 1.165) is 25.3 Å². The Morgan fingerprint density at radius 2 is 2.07 bits per heavy atom. The van der Waals surface area contributed by atoms with Crippen LogP contribution in [0.25, 0.3) is 0 Å². The fourth-order valence-electron chi connectivity index (χ4n) is 2.95. The van der Waals surface area contributed by atoms with E-state index in [1.54, 1.807) is 19.0 Å². The number of benzene rings is 1. The number of nitro benzene ring substituents is 1. The first-order chi connectivity index (χ1) is 12.9. The molecule has 146 valence electrons. The maximum Gasteiger partial charge on any atom is 0.341 e. The highest BCUT2D eigenvalue weighted by Crippen LogP contribution is 2.25. The third-order valence-electron chi connectivity index (χ3n) is 4.38. The first kappa shape index (κ1) is 20.4. The molecule has 27 heavy (non-hydrogen) atoms. The molecule has 0 unspecified atom stereocenters. The Bertz CT molecular complexity index is 743. The smallest absolute Gasteiger partial charge is 0.341 e.